The van der Waals surface area contributed by atoms with Crippen molar-refractivity contribution < 1.29 is 0 Å². The van der Waals surface area contributed by atoms with Crippen molar-refractivity contribution in [2.75, 3.05) is 24.6 Å². The SMILES string of the molecule is CCSCCC(C)NC1CCNC1. The molecule has 2 atom stereocenters. The van der Waals surface area contributed by atoms with E-state index in [0.29, 0.717) is 6.04 Å². The number of nitrogens with one attached hydrogen (secondary N) is 2. The molecule has 1 saturated heterocycles. The molecule has 1 aliphatic rings. The first-order valence-electron chi connectivity index (χ1n) is 5.37. The number of hydrogen-bond donors (Lipinski definition) is 2. The minimum absolute atomic E-state index is 0.684. The largest absolute Gasteiger partial charge is 0.315 e. The molecule has 1 aliphatic heterocycles. The number of rotatable bonds is 6. The van der Waals surface area contributed by atoms with Crippen LogP contribution in [-0.4, -0.2) is 36.7 Å². The smallest absolute Gasteiger partial charge is 0.0207 e. The Kier molecular flexibility index (Phi) is 5.83. The summed E-state index contributed by atoms with van der Waals surface area (Å²) in [5.41, 5.74) is 0. The molecule has 1 rings (SSSR count). The highest BCUT2D eigenvalue weighted by atomic mass is 32.2. The highest BCUT2D eigenvalue weighted by Gasteiger charge is 2.15. The van der Waals surface area contributed by atoms with Crippen LogP contribution in [0.25, 0.3) is 0 Å². The minimum atomic E-state index is 0.684. The molecule has 1 heterocycles. The summed E-state index contributed by atoms with van der Waals surface area (Å²) in [6.07, 6.45) is 2.60. The van der Waals surface area contributed by atoms with E-state index in [1.54, 1.807) is 0 Å². The third-order valence-electron chi connectivity index (χ3n) is 2.48. The molecule has 0 saturated carbocycles. The molecule has 0 radical (unpaired) electrons. The van der Waals surface area contributed by atoms with E-state index in [1.165, 1.54) is 30.9 Å². The summed E-state index contributed by atoms with van der Waals surface area (Å²) in [7, 11) is 0. The quantitative estimate of drug-likeness (QED) is 0.638. The fourth-order valence-corrected chi connectivity index (χ4v) is 2.50. The van der Waals surface area contributed by atoms with Crippen molar-refractivity contribution in [2.24, 2.45) is 0 Å². The van der Waals surface area contributed by atoms with Crippen LogP contribution >= 0.6 is 11.8 Å². The summed E-state index contributed by atoms with van der Waals surface area (Å²) >= 11 is 2.04. The van der Waals surface area contributed by atoms with Crippen molar-refractivity contribution in [3.05, 3.63) is 0 Å². The highest BCUT2D eigenvalue weighted by Crippen LogP contribution is 2.06. The Bertz CT molecular complexity index is 124. The maximum Gasteiger partial charge on any atom is 0.0207 e. The molecule has 13 heavy (non-hydrogen) atoms. The van der Waals surface area contributed by atoms with Gasteiger partial charge in [-0.2, -0.15) is 11.8 Å². The van der Waals surface area contributed by atoms with Crippen LogP contribution in [0.5, 0.6) is 0 Å². The molecule has 0 amide bonds. The van der Waals surface area contributed by atoms with Crippen LogP contribution in [-0.2, 0) is 0 Å². The molecule has 3 heteroatoms. The number of thioether (sulfide) groups is 1. The Morgan fingerprint density at radius 2 is 2.46 bits per heavy atom. The van der Waals surface area contributed by atoms with Gasteiger partial charge in [-0.3, -0.25) is 0 Å². The van der Waals surface area contributed by atoms with E-state index in [0.717, 1.165) is 12.6 Å². The molecule has 0 bridgehead atoms. The Hall–Kier alpha value is 0.270. The van der Waals surface area contributed by atoms with Crippen molar-refractivity contribution in [3.63, 3.8) is 0 Å². The predicted octanol–water partition coefficient (Wildman–Crippen LogP) is 1.47. The van der Waals surface area contributed by atoms with E-state index >= 15 is 0 Å². The Morgan fingerprint density at radius 1 is 1.62 bits per heavy atom. The van der Waals surface area contributed by atoms with Crippen LogP contribution in [0.2, 0.25) is 0 Å². The van der Waals surface area contributed by atoms with Crippen LogP contribution in [0.4, 0.5) is 0 Å². The van der Waals surface area contributed by atoms with Gasteiger partial charge in [0.2, 0.25) is 0 Å². The third-order valence-corrected chi connectivity index (χ3v) is 3.41. The van der Waals surface area contributed by atoms with Crippen LogP contribution in [0.3, 0.4) is 0 Å². The maximum absolute atomic E-state index is 3.66. The van der Waals surface area contributed by atoms with E-state index in [9.17, 15) is 0 Å². The Labute approximate surface area is 86.2 Å². The lowest BCUT2D eigenvalue weighted by molar-refractivity contribution is 0.458. The lowest BCUT2D eigenvalue weighted by Gasteiger charge is -2.18. The molecule has 2 nitrogen and oxygen atoms in total. The molecule has 1 fully saturated rings. The average Bonchev–Trinajstić information content (AvgIpc) is 2.57. The topological polar surface area (TPSA) is 24.1 Å². The normalized spacial score (nSPS) is 24.9. The van der Waals surface area contributed by atoms with E-state index in [-0.39, 0.29) is 0 Å². The molecule has 78 valence electrons. The second kappa shape index (κ2) is 6.68. The first-order chi connectivity index (χ1) is 6.33. The first-order valence-corrected chi connectivity index (χ1v) is 6.53. The fourth-order valence-electron chi connectivity index (χ4n) is 1.69. The van der Waals surface area contributed by atoms with Gasteiger partial charge in [0.15, 0.2) is 0 Å². The van der Waals surface area contributed by atoms with Gasteiger partial charge in [-0.25, -0.2) is 0 Å². The summed E-state index contributed by atoms with van der Waals surface area (Å²) in [5, 5.41) is 7.04. The number of hydrogen-bond acceptors (Lipinski definition) is 3. The predicted molar refractivity (Wildman–Crippen MR) is 61.5 cm³/mol. The summed E-state index contributed by atoms with van der Waals surface area (Å²) < 4.78 is 0. The zero-order valence-electron chi connectivity index (χ0n) is 8.81. The Balaban J connectivity index is 1.99. The molecule has 0 aliphatic carbocycles. The lowest BCUT2D eigenvalue weighted by Crippen LogP contribution is -2.38. The van der Waals surface area contributed by atoms with E-state index in [2.05, 4.69) is 24.5 Å². The third kappa shape index (κ3) is 4.89. The monoisotopic (exact) mass is 202 g/mol. The van der Waals surface area contributed by atoms with Gasteiger partial charge < -0.3 is 10.6 Å². The summed E-state index contributed by atoms with van der Waals surface area (Å²) in [6, 6.07) is 1.41. The van der Waals surface area contributed by atoms with Gasteiger partial charge in [0.25, 0.3) is 0 Å². The van der Waals surface area contributed by atoms with Crippen molar-refractivity contribution in [3.8, 4) is 0 Å². The van der Waals surface area contributed by atoms with Gasteiger partial charge in [-0.1, -0.05) is 6.92 Å². The summed E-state index contributed by atoms with van der Waals surface area (Å²) in [6.45, 7) is 6.87. The van der Waals surface area contributed by atoms with Crippen LogP contribution < -0.4 is 10.6 Å². The molecule has 2 N–H and O–H groups in total. The van der Waals surface area contributed by atoms with Gasteiger partial charge in [0.05, 0.1) is 0 Å². The van der Waals surface area contributed by atoms with Crippen molar-refractivity contribution in [1.82, 2.24) is 10.6 Å². The standard InChI is InChI=1S/C10H22N2S/c1-3-13-7-5-9(2)12-10-4-6-11-8-10/h9-12H,3-8H2,1-2H3. The fraction of sp³-hybridized carbons (Fsp3) is 1.00. The molecule has 0 aromatic rings. The molecule has 2 unspecified atom stereocenters. The van der Waals surface area contributed by atoms with E-state index in [1.807, 2.05) is 11.8 Å². The lowest BCUT2D eigenvalue weighted by atomic mass is 10.2. The van der Waals surface area contributed by atoms with Crippen molar-refractivity contribution in [2.45, 2.75) is 38.8 Å². The molecular formula is C10H22N2S. The van der Waals surface area contributed by atoms with E-state index < -0.39 is 0 Å². The minimum Gasteiger partial charge on any atom is -0.315 e. The van der Waals surface area contributed by atoms with Crippen LogP contribution in [0.15, 0.2) is 0 Å². The Morgan fingerprint density at radius 3 is 3.08 bits per heavy atom. The molecule has 0 spiro atoms. The van der Waals surface area contributed by atoms with E-state index in [4.69, 9.17) is 0 Å². The summed E-state index contributed by atoms with van der Waals surface area (Å²) in [5.74, 6) is 2.54. The second-order valence-electron chi connectivity index (χ2n) is 3.74. The van der Waals surface area contributed by atoms with Gasteiger partial charge >= 0.3 is 0 Å². The van der Waals surface area contributed by atoms with Gasteiger partial charge in [0, 0.05) is 18.6 Å². The van der Waals surface area contributed by atoms with Gasteiger partial charge in [0.1, 0.15) is 0 Å². The van der Waals surface area contributed by atoms with Crippen LogP contribution in [0, 0.1) is 0 Å². The highest BCUT2D eigenvalue weighted by molar-refractivity contribution is 7.99. The maximum atomic E-state index is 3.66. The van der Waals surface area contributed by atoms with Gasteiger partial charge in [-0.05, 0) is 37.8 Å². The second-order valence-corrected chi connectivity index (χ2v) is 5.14. The zero-order chi connectivity index (χ0) is 9.52. The van der Waals surface area contributed by atoms with Crippen molar-refractivity contribution in [1.29, 1.82) is 0 Å². The average molecular weight is 202 g/mol. The zero-order valence-corrected chi connectivity index (χ0v) is 9.62. The molecule has 0 aromatic heterocycles. The van der Waals surface area contributed by atoms with Crippen LogP contribution in [0.1, 0.15) is 26.7 Å². The molecular weight excluding hydrogens is 180 g/mol. The summed E-state index contributed by atoms with van der Waals surface area (Å²) in [4.78, 5) is 0. The van der Waals surface area contributed by atoms with Crippen molar-refractivity contribution >= 4 is 11.8 Å². The first kappa shape index (κ1) is 11.3. The van der Waals surface area contributed by atoms with Gasteiger partial charge in [-0.15, -0.1) is 0 Å². The molecule has 0 aromatic carbocycles.